The molecule has 0 unspecified atom stereocenters. The smallest absolute Gasteiger partial charge is 0.0457 e. The molecule has 0 saturated carbocycles. The van der Waals surface area contributed by atoms with Gasteiger partial charge in [-0.25, -0.2) is 0 Å². The summed E-state index contributed by atoms with van der Waals surface area (Å²) < 4.78 is 0. The summed E-state index contributed by atoms with van der Waals surface area (Å²) >= 11 is 7.87. The van der Waals surface area contributed by atoms with E-state index in [1.807, 2.05) is 12.1 Å². The topological polar surface area (TPSA) is 26.0 Å². The van der Waals surface area contributed by atoms with Crippen molar-refractivity contribution in [1.82, 2.24) is 0 Å². The first-order valence-electron chi connectivity index (χ1n) is 4.75. The third kappa shape index (κ3) is 2.07. The molecule has 0 atom stereocenters. The Morgan fingerprint density at radius 1 is 1.33 bits per heavy atom. The summed E-state index contributed by atoms with van der Waals surface area (Å²) in [6.07, 6.45) is 0. The largest absolute Gasteiger partial charge is 0.326 e. The van der Waals surface area contributed by atoms with Gasteiger partial charge in [-0.05, 0) is 41.1 Å². The van der Waals surface area contributed by atoms with E-state index in [9.17, 15) is 0 Å². The van der Waals surface area contributed by atoms with Crippen LogP contribution in [0.2, 0.25) is 5.02 Å². The summed E-state index contributed by atoms with van der Waals surface area (Å²) in [5.41, 5.74) is 8.98. The van der Waals surface area contributed by atoms with E-state index in [-0.39, 0.29) is 0 Å². The van der Waals surface area contributed by atoms with E-state index >= 15 is 0 Å². The fourth-order valence-electron chi connectivity index (χ4n) is 1.56. The molecule has 0 bridgehead atoms. The average Bonchev–Trinajstić information content (AvgIpc) is 2.64. The molecule has 1 nitrogen and oxygen atoms in total. The Hall–Kier alpha value is -0.830. The standard InChI is InChI=1S/C12H12ClNS/c1-8-11(4-5-15-8)9-2-3-10(7-14)12(13)6-9/h2-6H,7,14H2,1H3. The molecule has 1 aromatic carbocycles. The second-order valence-corrected chi connectivity index (χ2v) is 4.93. The summed E-state index contributed by atoms with van der Waals surface area (Å²) in [5, 5.41) is 2.84. The van der Waals surface area contributed by atoms with Gasteiger partial charge in [0.15, 0.2) is 0 Å². The first kappa shape index (κ1) is 10.7. The van der Waals surface area contributed by atoms with Crippen LogP contribution in [0, 0.1) is 6.92 Å². The summed E-state index contributed by atoms with van der Waals surface area (Å²) in [7, 11) is 0. The molecular weight excluding hydrogens is 226 g/mol. The Morgan fingerprint density at radius 3 is 2.67 bits per heavy atom. The van der Waals surface area contributed by atoms with Crippen LogP contribution in [-0.2, 0) is 6.54 Å². The van der Waals surface area contributed by atoms with Gasteiger partial charge < -0.3 is 5.73 Å². The maximum atomic E-state index is 6.12. The number of hydrogen-bond acceptors (Lipinski definition) is 2. The molecule has 0 saturated heterocycles. The molecule has 0 aliphatic carbocycles. The van der Waals surface area contributed by atoms with Crippen molar-refractivity contribution < 1.29 is 0 Å². The van der Waals surface area contributed by atoms with Crippen molar-refractivity contribution in [2.24, 2.45) is 5.73 Å². The first-order chi connectivity index (χ1) is 7.22. The average molecular weight is 238 g/mol. The number of benzene rings is 1. The SMILES string of the molecule is Cc1sccc1-c1ccc(CN)c(Cl)c1. The quantitative estimate of drug-likeness (QED) is 0.844. The molecule has 0 aliphatic heterocycles. The number of thiophene rings is 1. The van der Waals surface area contributed by atoms with Crippen molar-refractivity contribution in [3.8, 4) is 11.1 Å². The predicted octanol–water partition coefficient (Wildman–Crippen LogP) is 3.84. The Balaban J connectivity index is 2.47. The molecule has 2 rings (SSSR count). The molecular formula is C12H12ClNS. The molecule has 2 aromatic rings. The van der Waals surface area contributed by atoms with Crippen molar-refractivity contribution in [1.29, 1.82) is 0 Å². The van der Waals surface area contributed by atoms with Crippen LogP contribution in [-0.4, -0.2) is 0 Å². The predicted molar refractivity (Wildman–Crippen MR) is 67.4 cm³/mol. The van der Waals surface area contributed by atoms with Crippen LogP contribution in [0.5, 0.6) is 0 Å². The third-order valence-corrected chi connectivity index (χ3v) is 3.64. The van der Waals surface area contributed by atoms with E-state index in [1.54, 1.807) is 11.3 Å². The van der Waals surface area contributed by atoms with E-state index in [0.29, 0.717) is 6.54 Å². The van der Waals surface area contributed by atoms with Gasteiger partial charge in [0.2, 0.25) is 0 Å². The minimum Gasteiger partial charge on any atom is -0.326 e. The number of hydrogen-bond donors (Lipinski definition) is 1. The lowest BCUT2D eigenvalue weighted by Crippen LogP contribution is -1.96. The summed E-state index contributed by atoms with van der Waals surface area (Å²) in [6.45, 7) is 2.60. The third-order valence-electron chi connectivity index (χ3n) is 2.44. The minimum atomic E-state index is 0.488. The van der Waals surface area contributed by atoms with Crippen LogP contribution in [0.3, 0.4) is 0 Å². The summed E-state index contributed by atoms with van der Waals surface area (Å²) in [6, 6.07) is 8.17. The maximum absolute atomic E-state index is 6.12. The second-order valence-electron chi connectivity index (χ2n) is 3.40. The Labute approximate surface area is 98.5 Å². The highest BCUT2D eigenvalue weighted by Gasteiger charge is 2.05. The summed E-state index contributed by atoms with van der Waals surface area (Å²) in [5.74, 6) is 0. The molecule has 0 spiro atoms. The van der Waals surface area contributed by atoms with Crippen LogP contribution < -0.4 is 5.73 Å². The van der Waals surface area contributed by atoms with E-state index < -0.39 is 0 Å². The molecule has 78 valence electrons. The zero-order valence-corrected chi connectivity index (χ0v) is 10.0. The van der Waals surface area contributed by atoms with Gasteiger partial charge in [0.1, 0.15) is 0 Å². The fourth-order valence-corrected chi connectivity index (χ4v) is 2.54. The normalized spacial score (nSPS) is 10.6. The van der Waals surface area contributed by atoms with Crippen LogP contribution in [0.1, 0.15) is 10.4 Å². The molecule has 1 heterocycles. The highest BCUT2D eigenvalue weighted by atomic mass is 35.5. The fraction of sp³-hybridized carbons (Fsp3) is 0.167. The molecule has 1 aromatic heterocycles. The highest BCUT2D eigenvalue weighted by Crippen LogP contribution is 2.30. The summed E-state index contributed by atoms with van der Waals surface area (Å²) in [4.78, 5) is 1.31. The Bertz CT molecular complexity index is 476. The molecule has 15 heavy (non-hydrogen) atoms. The van der Waals surface area contributed by atoms with Crippen molar-refractivity contribution in [2.45, 2.75) is 13.5 Å². The van der Waals surface area contributed by atoms with Crippen LogP contribution in [0.15, 0.2) is 29.6 Å². The second kappa shape index (κ2) is 4.35. The van der Waals surface area contributed by atoms with Gasteiger partial charge in [-0.15, -0.1) is 11.3 Å². The highest BCUT2D eigenvalue weighted by molar-refractivity contribution is 7.10. The van der Waals surface area contributed by atoms with Gasteiger partial charge >= 0.3 is 0 Å². The molecule has 0 radical (unpaired) electrons. The number of nitrogens with two attached hydrogens (primary N) is 1. The van der Waals surface area contributed by atoms with E-state index in [4.69, 9.17) is 17.3 Å². The first-order valence-corrected chi connectivity index (χ1v) is 6.01. The molecule has 0 aliphatic rings. The molecule has 3 heteroatoms. The van der Waals surface area contributed by atoms with Crippen LogP contribution in [0.4, 0.5) is 0 Å². The lowest BCUT2D eigenvalue weighted by atomic mass is 10.1. The van der Waals surface area contributed by atoms with Crippen molar-refractivity contribution in [3.05, 3.63) is 45.1 Å². The molecule has 2 N–H and O–H groups in total. The van der Waals surface area contributed by atoms with E-state index in [0.717, 1.165) is 16.1 Å². The zero-order chi connectivity index (χ0) is 10.8. The number of halogens is 1. The van der Waals surface area contributed by atoms with Gasteiger partial charge in [0, 0.05) is 16.4 Å². The number of rotatable bonds is 2. The molecule has 0 fully saturated rings. The lowest BCUT2D eigenvalue weighted by Gasteiger charge is -2.05. The zero-order valence-electron chi connectivity index (χ0n) is 8.46. The van der Waals surface area contributed by atoms with Gasteiger partial charge in [-0.1, -0.05) is 23.7 Å². The maximum Gasteiger partial charge on any atom is 0.0457 e. The minimum absolute atomic E-state index is 0.488. The van der Waals surface area contributed by atoms with Gasteiger partial charge in [-0.3, -0.25) is 0 Å². The number of aryl methyl sites for hydroxylation is 1. The van der Waals surface area contributed by atoms with Crippen molar-refractivity contribution in [2.75, 3.05) is 0 Å². The van der Waals surface area contributed by atoms with Crippen LogP contribution >= 0.6 is 22.9 Å². The van der Waals surface area contributed by atoms with Gasteiger partial charge in [0.25, 0.3) is 0 Å². The van der Waals surface area contributed by atoms with Gasteiger partial charge in [0.05, 0.1) is 0 Å². The Kier molecular flexibility index (Phi) is 3.10. The van der Waals surface area contributed by atoms with Gasteiger partial charge in [-0.2, -0.15) is 0 Å². The van der Waals surface area contributed by atoms with E-state index in [1.165, 1.54) is 10.4 Å². The van der Waals surface area contributed by atoms with E-state index in [2.05, 4.69) is 24.4 Å². The van der Waals surface area contributed by atoms with Crippen molar-refractivity contribution >= 4 is 22.9 Å². The Morgan fingerprint density at radius 2 is 2.13 bits per heavy atom. The molecule has 0 amide bonds. The monoisotopic (exact) mass is 237 g/mol. The lowest BCUT2D eigenvalue weighted by molar-refractivity contribution is 1.07. The van der Waals surface area contributed by atoms with Crippen molar-refractivity contribution in [3.63, 3.8) is 0 Å². The van der Waals surface area contributed by atoms with Crippen LogP contribution in [0.25, 0.3) is 11.1 Å².